The van der Waals surface area contributed by atoms with Crippen molar-refractivity contribution in [1.29, 1.82) is 0 Å². The average Bonchev–Trinajstić information content (AvgIpc) is 3.09. The minimum absolute atomic E-state index is 0.158. The number of benzene rings is 1. The summed E-state index contributed by atoms with van der Waals surface area (Å²) in [6.07, 6.45) is 1.18. The molecule has 0 amide bonds. The second-order valence-corrected chi connectivity index (χ2v) is 5.37. The number of aromatic nitrogens is 2. The van der Waals surface area contributed by atoms with E-state index in [0.717, 1.165) is 0 Å². The van der Waals surface area contributed by atoms with Crippen molar-refractivity contribution in [2.45, 2.75) is 0 Å². The van der Waals surface area contributed by atoms with E-state index >= 15 is 0 Å². The third kappa shape index (κ3) is 2.58. The van der Waals surface area contributed by atoms with Crippen LogP contribution in [-0.4, -0.2) is 50.2 Å². The van der Waals surface area contributed by atoms with Crippen LogP contribution in [0.4, 0.5) is 10.2 Å². The van der Waals surface area contributed by atoms with Gasteiger partial charge in [0.2, 0.25) is 6.79 Å². The maximum Gasteiger partial charge on any atom is 0.231 e. The first kappa shape index (κ1) is 14.9. The van der Waals surface area contributed by atoms with Gasteiger partial charge in [-0.15, -0.1) is 0 Å². The zero-order chi connectivity index (χ0) is 16.5. The van der Waals surface area contributed by atoms with Crippen LogP contribution in [0.1, 0.15) is 0 Å². The van der Waals surface area contributed by atoms with E-state index in [9.17, 15) is 4.39 Å². The van der Waals surface area contributed by atoms with Crippen LogP contribution in [0.2, 0.25) is 0 Å². The summed E-state index contributed by atoms with van der Waals surface area (Å²) in [5, 5.41) is 0. The first-order chi connectivity index (χ1) is 11.8. The molecule has 0 bridgehead atoms. The van der Waals surface area contributed by atoms with Crippen molar-refractivity contribution in [3.63, 3.8) is 0 Å². The summed E-state index contributed by atoms with van der Waals surface area (Å²) < 4.78 is 35.6. The fourth-order valence-corrected chi connectivity index (χ4v) is 2.75. The van der Waals surface area contributed by atoms with E-state index in [4.69, 9.17) is 18.9 Å². The van der Waals surface area contributed by atoms with Crippen molar-refractivity contribution < 1.29 is 23.3 Å². The predicted octanol–water partition coefficient (Wildman–Crippen LogP) is 1.86. The summed E-state index contributed by atoms with van der Waals surface area (Å²) in [6, 6.07) is 3.47. The second kappa shape index (κ2) is 6.12. The van der Waals surface area contributed by atoms with Crippen molar-refractivity contribution in [3.05, 3.63) is 24.1 Å². The highest BCUT2D eigenvalue weighted by Gasteiger charge is 2.23. The molecular weight excluding hydrogens is 317 g/mol. The number of anilines is 1. The summed E-state index contributed by atoms with van der Waals surface area (Å²) in [6.45, 7) is 2.43. The minimum Gasteiger partial charge on any atom is -0.496 e. The van der Waals surface area contributed by atoms with Gasteiger partial charge in [0.05, 0.1) is 32.1 Å². The van der Waals surface area contributed by atoms with Crippen molar-refractivity contribution in [1.82, 2.24) is 9.97 Å². The minimum atomic E-state index is -0.458. The predicted molar refractivity (Wildman–Crippen MR) is 83.1 cm³/mol. The molecule has 3 heterocycles. The van der Waals surface area contributed by atoms with Gasteiger partial charge in [-0.3, -0.25) is 0 Å². The van der Waals surface area contributed by atoms with Gasteiger partial charge in [-0.1, -0.05) is 0 Å². The third-order valence-electron chi connectivity index (χ3n) is 3.97. The normalized spacial score (nSPS) is 16.3. The Morgan fingerprint density at radius 1 is 1.17 bits per heavy atom. The lowest BCUT2D eigenvalue weighted by Gasteiger charge is -2.28. The number of halogens is 1. The number of rotatable bonds is 3. The van der Waals surface area contributed by atoms with Gasteiger partial charge in [0.1, 0.15) is 5.75 Å². The molecule has 126 valence electrons. The highest BCUT2D eigenvalue weighted by Crippen LogP contribution is 2.41. The lowest BCUT2D eigenvalue weighted by Crippen LogP contribution is -2.37. The Bertz CT molecular complexity index is 765. The van der Waals surface area contributed by atoms with E-state index in [2.05, 4.69) is 9.97 Å². The highest BCUT2D eigenvalue weighted by atomic mass is 19.1. The van der Waals surface area contributed by atoms with Crippen LogP contribution in [0.25, 0.3) is 11.4 Å². The molecule has 0 saturated carbocycles. The Hall–Kier alpha value is -2.61. The van der Waals surface area contributed by atoms with Gasteiger partial charge in [0.25, 0.3) is 0 Å². The first-order valence-electron chi connectivity index (χ1n) is 7.59. The molecular formula is C16H16FN3O4. The van der Waals surface area contributed by atoms with Gasteiger partial charge in [-0.25, -0.2) is 14.4 Å². The Labute approximate surface area is 137 Å². The van der Waals surface area contributed by atoms with Gasteiger partial charge < -0.3 is 23.8 Å². The molecule has 0 radical (unpaired) electrons. The topological polar surface area (TPSA) is 65.9 Å². The van der Waals surface area contributed by atoms with E-state index in [1.165, 1.54) is 6.20 Å². The lowest BCUT2D eigenvalue weighted by molar-refractivity contribution is 0.122. The van der Waals surface area contributed by atoms with Crippen molar-refractivity contribution in [2.24, 2.45) is 0 Å². The molecule has 0 spiro atoms. The van der Waals surface area contributed by atoms with Crippen LogP contribution >= 0.6 is 0 Å². The molecule has 0 atom stereocenters. The highest BCUT2D eigenvalue weighted by molar-refractivity contribution is 5.70. The number of hydrogen-bond acceptors (Lipinski definition) is 7. The smallest absolute Gasteiger partial charge is 0.231 e. The van der Waals surface area contributed by atoms with Gasteiger partial charge >= 0.3 is 0 Å². The number of nitrogens with zero attached hydrogens (tertiary/aromatic N) is 3. The molecule has 7 nitrogen and oxygen atoms in total. The molecule has 0 aliphatic carbocycles. The summed E-state index contributed by atoms with van der Waals surface area (Å²) >= 11 is 0. The fraction of sp³-hybridized carbons (Fsp3) is 0.375. The standard InChI is InChI=1S/C16H16FN3O4/c1-21-12-7-14-13(23-9-24-14)6-10(12)15-18-8-11(17)16(19-15)20-2-4-22-5-3-20/h6-8H,2-5,9H2,1H3. The van der Waals surface area contributed by atoms with Crippen LogP contribution in [0.15, 0.2) is 18.3 Å². The molecule has 0 unspecified atom stereocenters. The Morgan fingerprint density at radius 2 is 1.92 bits per heavy atom. The Kier molecular flexibility index (Phi) is 3.81. The number of morpholine rings is 1. The molecule has 1 saturated heterocycles. The second-order valence-electron chi connectivity index (χ2n) is 5.37. The van der Waals surface area contributed by atoms with E-state index in [0.29, 0.717) is 54.9 Å². The number of ether oxygens (including phenoxy) is 4. The zero-order valence-corrected chi connectivity index (χ0v) is 13.1. The lowest BCUT2D eigenvalue weighted by atomic mass is 10.1. The molecule has 1 fully saturated rings. The van der Waals surface area contributed by atoms with Crippen molar-refractivity contribution in [2.75, 3.05) is 45.1 Å². The van der Waals surface area contributed by atoms with Gasteiger partial charge in [-0.2, -0.15) is 0 Å². The average molecular weight is 333 g/mol. The maximum atomic E-state index is 14.2. The molecule has 2 aliphatic heterocycles. The van der Waals surface area contributed by atoms with Crippen LogP contribution in [0.5, 0.6) is 17.2 Å². The van der Waals surface area contributed by atoms with Crippen LogP contribution in [0, 0.1) is 5.82 Å². The van der Waals surface area contributed by atoms with Gasteiger partial charge in [-0.05, 0) is 6.07 Å². The molecule has 24 heavy (non-hydrogen) atoms. The Morgan fingerprint density at radius 3 is 2.67 bits per heavy atom. The largest absolute Gasteiger partial charge is 0.496 e. The summed E-state index contributed by atoms with van der Waals surface area (Å²) in [5.74, 6) is 1.91. The monoisotopic (exact) mass is 333 g/mol. The quantitative estimate of drug-likeness (QED) is 0.849. The third-order valence-corrected chi connectivity index (χ3v) is 3.97. The zero-order valence-electron chi connectivity index (χ0n) is 13.1. The Balaban J connectivity index is 1.77. The maximum absolute atomic E-state index is 14.2. The summed E-state index contributed by atoms with van der Waals surface area (Å²) in [7, 11) is 1.55. The van der Waals surface area contributed by atoms with Crippen LogP contribution in [0.3, 0.4) is 0 Å². The molecule has 0 N–H and O–H groups in total. The van der Waals surface area contributed by atoms with Crippen molar-refractivity contribution >= 4 is 5.82 Å². The SMILES string of the molecule is COc1cc2c(cc1-c1ncc(F)c(N3CCOCC3)n1)OCO2. The van der Waals surface area contributed by atoms with Crippen LogP contribution in [-0.2, 0) is 4.74 Å². The van der Waals surface area contributed by atoms with Gasteiger partial charge in [0, 0.05) is 19.2 Å². The molecule has 2 aliphatic rings. The first-order valence-corrected chi connectivity index (χ1v) is 7.59. The van der Waals surface area contributed by atoms with E-state index in [-0.39, 0.29) is 12.6 Å². The molecule has 2 aromatic rings. The summed E-state index contributed by atoms with van der Waals surface area (Å²) in [4.78, 5) is 10.4. The fourth-order valence-electron chi connectivity index (χ4n) is 2.75. The molecule has 4 rings (SSSR count). The van der Waals surface area contributed by atoms with Gasteiger partial charge in [0.15, 0.2) is 29.0 Å². The summed E-state index contributed by atoms with van der Waals surface area (Å²) in [5.41, 5.74) is 0.622. The number of fused-ring (bicyclic) bond motifs is 1. The molecule has 1 aromatic carbocycles. The van der Waals surface area contributed by atoms with E-state index in [1.54, 1.807) is 19.2 Å². The van der Waals surface area contributed by atoms with E-state index in [1.807, 2.05) is 4.90 Å². The van der Waals surface area contributed by atoms with Crippen LogP contribution < -0.4 is 19.1 Å². The number of hydrogen-bond donors (Lipinski definition) is 0. The molecule has 8 heteroatoms. The van der Waals surface area contributed by atoms with E-state index < -0.39 is 5.82 Å². The van der Waals surface area contributed by atoms with Crippen molar-refractivity contribution in [3.8, 4) is 28.6 Å². The molecule has 1 aromatic heterocycles. The number of methoxy groups -OCH3 is 1.